The van der Waals surface area contributed by atoms with E-state index in [4.69, 9.17) is 0 Å². The molecular weight excluding hydrogens is 296 g/mol. The number of nitrogens with one attached hydrogen (secondary N) is 1. The van der Waals surface area contributed by atoms with Crippen LogP contribution >= 0.6 is 11.8 Å². The number of aryl methyl sites for hydroxylation is 1. The van der Waals surface area contributed by atoms with Crippen molar-refractivity contribution in [3.8, 4) is 0 Å². The number of thioether (sulfide) groups is 1. The smallest absolute Gasteiger partial charge is 0.266 e. The highest BCUT2D eigenvalue weighted by molar-refractivity contribution is 7.99. The van der Waals surface area contributed by atoms with Gasteiger partial charge in [0.1, 0.15) is 5.82 Å². The van der Waals surface area contributed by atoms with Crippen molar-refractivity contribution in [1.29, 1.82) is 0 Å². The molecule has 1 aromatic rings. The normalized spacial score (nSPS) is 23.7. The van der Waals surface area contributed by atoms with Crippen molar-refractivity contribution in [1.82, 2.24) is 15.1 Å². The summed E-state index contributed by atoms with van der Waals surface area (Å²) in [4.78, 5) is 13.9. The molecule has 3 rings (SSSR count). The third-order valence-electron chi connectivity index (χ3n) is 4.73. The molecule has 0 radical (unpaired) electrons. The second-order valence-corrected chi connectivity index (χ2v) is 7.52. The van der Waals surface area contributed by atoms with Crippen molar-refractivity contribution in [3.05, 3.63) is 22.5 Å². The second kappa shape index (κ2) is 7.51. The molecule has 122 valence electrons. The monoisotopic (exact) mass is 322 g/mol. The molecule has 5 nitrogen and oxygen atoms in total. The molecule has 1 aromatic heterocycles. The molecule has 0 bridgehead atoms. The molecule has 3 heterocycles. The number of piperidine rings is 1. The maximum Gasteiger partial charge on any atom is 0.266 e. The van der Waals surface area contributed by atoms with E-state index >= 15 is 0 Å². The van der Waals surface area contributed by atoms with Gasteiger partial charge in [0, 0.05) is 38.3 Å². The molecule has 2 aliphatic rings. The third-order valence-corrected chi connectivity index (χ3v) is 5.78. The quantitative estimate of drug-likeness (QED) is 0.913. The van der Waals surface area contributed by atoms with Crippen molar-refractivity contribution in [2.75, 3.05) is 29.5 Å². The SMILES string of the molecule is Cn1nc(N2CCCCC2CNC2CCSCC2)ccc1=O. The van der Waals surface area contributed by atoms with Gasteiger partial charge in [0.15, 0.2) is 0 Å². The number of hydrogen-bond donors (Lipinski definition) is 1. The fourth-order valence-electron chi connectivity index (χ4n) is 3.36. The molecule has 2 fully saturated rings. The molecular formula is C16H26N4OS. The average molecular weight is 322 g/mol. The second-order valence-electron chi connectivity index (χ2n) is 6.29. The molecule has 22 heavy (non-hydrogen) atoms. The Labute approximate surface area is 136 Å². The number of rotatable bonds is 4. The number of anilines is 1. The molecule has 6 heteroatoms. The Morgan fingerprint density at radius 2 is 2.09 bits per heavy atom. The molecule has 0 amide bonds. The lowest BCUT2D eigenvalue weighted by Crippen LogP contribution is -2.49. The van der Waals surface area contributed by atoms with Crippen LogP contribution in [0.4, 0.5) is 5.82 Å². The first-order valence-electron chi connectivity index (χ1n) is 8.36. The van der Waals surface area contributed by atoms with Crippen molar-refractivity contribution >= 4 is 17.6 Å². The van der Waals surface area contributed by atoms with E-state index in [1.54, 1.807) is 13.1 Å². The molecule has 0 spiro atoms. The van der Waals surface area contributed by atoms with Crippen LogP contribution in [0.25, 0.3) is 0 Å². The van der Waals surface area contributed by atoms with E-state index in [9.17, 15) is 4.79 Å². The average Bonchev–Trinajstić information content (AvgIpc) is 2.57. The Kier molecular flexibility index (Phi) is 5.41. The fourth-order valence-corrected chi connectivity index (χ4v) is 4.47. The topological polar surface area (TPSA) is 50.2 Å². The van der Waals surface area contributed by atoms with Crippen molar-refractivity contribution in [2.45, 2.75) is 44.2 Å². The van der Waals surface area contributed by atoms with Gasteiger partial charge in [0.05, 0.1) is 0 Å². The van der Waals surface area contributed by atoms with Gasteiger partial charge in [-0.05, 0) is 49.7 Å². The maximum atomic E-state index is 11.5. The van der Waals surface area contributed by atoms with Gasteiger partial charge in [0.2, 0.25) is 0 Å². The summed E-state index contributed by atoms with van der Waals surface area (Å²) in [5.41, 5.74) is -0.0462. The standard InChI is InChI=1S/C16H26N4OS/c1-19-16(21)6-5-15(18-19)20-9-3-2-4-14(20)12-17-13-7-10-22-11-8-13/h5-6,13-14,17H,2-4,7-12H2,1H3. The van der Waals surface area contributed by atoms with Gasteiger partial charge < -0.3 is 10.2 Å². The predicted octanol–water partition coefficient (Wildman–Crippen LogP) is 1.62. The lowest BCUT2D eigenvalue weighted by molar-refractivity contribution is 0.393. The maximum absolute atomic E-state index is 11.5. The van der Waals surface area contributed by atoms with Gasteiger partial charge in [-0.25, -0.2) is 4.68 Å². The van der Waals surface area contributed by atoms with E-state index in [2.05, 4.69) is 27.1 Å². The van der Waals surface area contributed by atoms with Crippen LogP contribution in [0.1, 0.15) is 32.1 Å². The summed E-state index contributed by atoms with van der Waals surface area (Å²) >= 11 is 2.07. The number of aromatic nitrogens is 2. The Bertz CT molecular complexity index is 541. The van der Waals surface area contributed by atoms with Crippen molar-refractivity contribution < 1.29 is 0 Å². The minimum Gasteiger partial charge on any atom is -0.351 e. The number of nitrogens with zero attached hydrogens (tertiary/aromatic N) is 3. The molecule has 2 aliphatic heterocycles. The predicted molar refractivity (Wildman–Crippen MR) is 92.8 cm³/mol. The summed E-state index contributed by atoms with van der Waals surface area (Å²) in [6.07, 6.45) is 6.28. The summed E-state index contributed by atoms with van der Waals surface area (Å²) in [5, 5.41) is 8.21. The fraction of sp³-hybridized carbons (Fsp3) is 0.750. The Morgan fingerprint density at radius 1 is 1.27 bits per heavy atom. The van der Waals surface area contributed by atoms with Gasteiger partial charge in [-0.15, -0.1) is 0 Å². The highest BCUT2D eigenvalue weighted by Crippen LogP contribution is 2.23. The highest BCUT2D eigenvalue weighted by Gasteiger charge is 2.25. The molecule has 0 aromatic carbocycles. The van der Waals surface area contributed by atoms with E-state index < -0.39 is 0 Å². The molecule has 1 atom stereocenters. The summed E-state index contributed by atoms with van der Waals surface area (Å²) < 4.78 is 1.44. The molecule has 0 saturated carbocycles. The lowest BCUT2D eigenvalue weighted by Gasteiger charge is -2.38. The lowest BCUT2D eigenvalue weighted by atomic mass is 10.0. The third kappa shape index (κ3) is 3.84. The van der Waals surface area contributed by atoms with Gasteiger partial charge in [0.25, 0.3) is 5.56 Å². The summed E-state index contributed by atoms with van der Waals surface area (Å²) in [6.45, 7) is 2.07. The Balaban J connectivity index is 1.65. The molecule has 1 N–H and O–H groups in total. The summed E-state index contributed by atoms with van der Waals surface area (Å²) in [6, 6.07) is 4.67. The molecule has 2 saturated heterocycles. The van der Waals surface area contributed by atoms with Crippen molar-refractivity contribution in [3.63, 3.8) is 0 Å². The van der Waals surface area contributed by atoms with Gasteiger partial charge >= 0.3 is 0 Å². The zero-order valence-corrected chi connectivity index (χ0v) is 14.1. The van der Waals surface area contributed by atoms with E-state index in [0.29, 0.717) is 12.1 Å². The highest BCUT2D eigenvalue weighted by atomic mass is 32.2. The summed E-state index contributed by atoms with van der Waals surface area (Å²) in [7, 11) is 1.72. The van der Waals surface area contributed by atoms with Crippen LogP contribution in [0, 0.1) is 0 Å². The largest absolute Gasteiger partial charge is 0.351 e. The van der Waals surface area contributed by atoms with Gasteiger partial charge in [-0.3, -0.25) is 4.79 Å². The van der Waals surface area contributed by atoms with Crippen LogP contribution in [0.3, 0.4) is 0 Å². The summed E-state index contributed by atoms with van der Waals surface area (Å²) in [5.74, 6) is 3.51. The zero-order valence-electron chi connectivity index (χ0n) is 13.3. The first kappa shape index (κ1) is 15.9. The van der Waals surface area contributed by atoms with Crippen LogP contribution < -0.4 is 15.8 Å². The van der Waals surface area contributed by atoms with E-state index in [0.717, 1.165) is 18.9 Å². The van der Waals surface area contributed by atoms with Crippen LogP contribution in [-0.2, 0) is 7.05 Å². The van der Waals surface area contributed by atoms with Crippen LogP contribution in [0.5, 0.6) is 0 Å². The minimum absolute atomic E-state index is 0.0462. The van der Waals surface area contributed by atoms with Crippen molar-refractivity contribution in [2.24, 2.45) is 7.05 Å². The first-order valence-corrected chi connectivity index (χ1v) is 9.51. The molecule has 0 aliphatic carbocycles. The number of hydrogen-bond acceptors (Lipinski definition) is 5. The van der Waals surface area contributed by atoms with E-state index in [-0.39, 0.29) is 5.56 Å². The first-order chi connectivity index (χ1) is 10.7. The minimum atomic E-state index is -0.0462. The Hall–Kier alpha value is -1.01. The van der Waals surface area contributed by atoms with E-state index in [1.807, 2.05) is 6.07 Å². The zero-order chi connectivity index (χ0) is 15.4. The van der Waals surface area contributed by atoms with E-state index in [1.165, 1.54) is 48.3 Å². The molecule has 1 unspecified atom stereocenters. The van der Waals surface area contributed by atoms with Crippen LogP contribution in [-0.4, -0.2) is 46.5 Å². The van der Waals surface area contributed by atoms with Gasteiger partial charge in [-0.2, -0.15) is 16.9 Å². The Morgan fingerprint density at radius 3 is 2.86 bits per heavy atom. The van der Waals surface area contributed by atoms with Gasteiger partial charge in [-0.1, -0.05) is 0 Å². The van der Waals surface area contributed by atoms with Crippen LogP contribution in [0.15, 0.2) is 16.9 Å². The van der Waals surface area contributed by atoms with Crippen LogP contribution in [0.2, 0.25) is 0 Å².